The fraction of sp³-hybridized carbons (Fsp3) is 0.600. The zero-order chi connectivity index (χ0) is 73.0. The predicted octanol–water partition coefficient (Wildman–Crippen LogP) is -5.51. The number of carbonyl (C=O) groups is 16. The molecule has 23 N–H and O–H groups in total. The molecule has 96 heavy (non-hydrogen) atoms. The van der Waals surface area contributed by atoms with Crippen LogP contribution in [-0.4, -0.2) is 210 Å². The molecule has 0 aliphatic heterocycles. The highest BCUT2D eigenvalue weighted by molar-refractivity contribution is 6.00. The Labute approximate surface area is 552 Å². The van der Waals surface area contributed by atoms with Gasteiger partial charge in [0.05, 0.1) is 31.2 Å². The Balaban J connectivity index is 2.43. The number of hydrogen-bond donors (Lipinski definition) is 20. The van der Waals surface area contributed by atoms with E-state index in [1.165, 1.54) is 27.7 Å². The number of fused-ring (bicyclic) bond motifs is 1. The van der Waals surface area contributed by atoms with Crippen molar-refractivity contribution < 1.29 is 102 Å². The molecule has 0 aliphatic rings. The summed E-state index contributed by atoms with van der Waals surface area (Å²) in [6.45, 7) is 12.0. The Morgan fingerprint density at radius 2 is 0.906 bits per heavy atom. The van der Waals surface area contributed by atoms with Crippen molar-refractivity contribution in [2.45, 2.75) is 205 Å². The van der Waals surface area contributed by atoms with E-state index in [0.29, 0.717) is 16.5 Å². The molecule has 0 fully saturated rings. The molecule has 1 aromatic heterocycles. The summed E-state index contributed by atoms with van der Waals surface area (Å²) in [7, 11) is 0. The summed E-state index contributed by atoms with van der Waals surface area (Å²) in [5.74, 6) is -20.4. The predicted molar refractivity (Wildman–Crippen MR) is 339 cm³/mol. The first-order valence-corrected chi connectivity index (χ1v) is 31.0. The van der Waals surface area contributed by atoms with Gasteiger partial charge in [0.1, 0.15) is 60.4 Å². The molecule has 0 saturated carbocycles. The highest BCUT2D eigenvalue weighted by Crippen LogP contribution is 2.20. The average molecular weight is 1360 g/mol. The summed E-state index contributed by atoms with van der Waals surface area (Å²) in [5.41, 5.74) is 17.5. The number of para-hydroxylation sites is 1. The van der Waals surface area contributed by atoms with Crippen LogP contribution in [-0.2, 0) is 83.1 Å². The SMILES string of the molecule is CC[C@H](C)[C@H](NC(=O)[C@H](CC(=O)O)NC(=O)[C@H](Cc1c[nH]c2ccccc12)NC(=O)[C@H](CC(C)C)NC(=O)[C@H](C)N)C(=O)N[C@@H](CCC(=O)O)C(=O)N[C@H](C(=O)NCC(=O)N[C@@H](CCC(N)=O)C(=O)N[C@@H](CCC(N)=O)C(=O)N[C@H](C(=O)N[C@H](C(=O)O)C(C)C)[C@@H](C)O)[C@@H](C)O. The lowest BCUT2D eigenvalue weighted by Crippen LogP contribution is -2.62. The minimum atomic E-state index is -1.99. The van der Waals surface area contributed by atoms with Crippen LogP contribution in [0.2, 0.25) is 0 Å². The molecule has 36 nitrogen and oxygen atoms in total. The van der Waals surface area contributed by atoms with Crippen molar-refractivity contribution in [3.05, 3.63) is 36.0 Å². The van der Waals surface area contributed by atoms with Crippen LogP contribution in [0.3, 0.4) is 0 Å². The standard InChI is InChI=1S/C60H93N15O21/c1-10-28(6)47(73-56(91)40(23-45(83)84)71-55(90)39(22-32-24-64-34-14-12-11-13-33(32)34)70-54(89)38(21-26(2)3)69-50(85)29(7)61)58(93)68-37(17-20-44(81)82)53(88)74-48(30(8)76)57(92)65-25-43(80)66-35(15-18-41(62)78)51(86)67-36(16-19-42(63)79)52(87)75-49(31(9)77)59(94)72-46(27(4)5)60(95)96/h11-14,24,26-31,35-40,46-49,64,76-77H,10,15-23,25,61H2,1-9H3,(H2,62,78)(H2,63,79)(H,65,92)(H,66,80)(H,67,86)(H,68,93)(H,69,85)(H,70,89)(H,71,90)(H,72,94)(H,73,91)(H,74,88)(H,75,87)(H,81,82)(H,83,84)(H,95,96)/t28-,29-,30+,31+,35-,36-,37-,38-,39-,40-,46-,47-,48-,49-/m0/s1. The molecule has 14 atom stereocenters. The lowest BCUT2D eigenvalue weighted by Gasteiger charge is -2.29. The van der Waals surface area contributed by atoms with E-state index in [9.17, 15) is 102 Å². The first-order valence-electron chi connectivity index (χ1n) is 31.0. The largest absolute Gasteiger partial charge is 0.481 e. The number of hydrogen-bond acceptors (Lipinski definition) is 19. The van der Waals surface area contributed by atoms with Crippen LogP contribution in [0, 0.1) is 17.8 Å². The number of carboxylic acid groups (broad SMARTS) is 3. The van der Waals surface area contributed by atoms with E-state index in [1.54, 1.807) is 51.2 Å². The van der Waals surface area contributed by atoms with Crippen molar-refractivity contribution in [3.63, 3.8) is 0 Å². The third kappa shape index (κ3) is 28.0. The lowest BCUT2D eigenvalue weighted by molar-refractivity contribution is -0.144. The van der Waals surface area contributed by atoms with Gasteiger partial charge in [-0.1, -0.05) is 66.2 Å². The Morgan fingerprint density at radius 3 is 1.40 bits per heavy atom. The molecule has 2 aromatic rings. The van der Waals surface area contributed by atoms with Crippen LogP contribution in [0.25, 0.3) is 10.9 Å². The number of nitrogens with one attached hydrogen (secondary N) is 12. The second-order valence-corrected chi connectivity index (χ2v) is 24.1. The first kappa shape index (κ1) is 82.3. The van der Waals surface area contributed by atoms with Crippen LogP contribution in [0.15, 0.2) is 30.5 Å². The maximum Gasteiger partial charge on any atom is 0.326 e. The highest BCUT2D eigenvalue weighted by atomic mass is 16.4. The number of benzene rings is 1. The van der Waals surface area contributed by atoms with Crippen LogP contribution < -0.4 is 75.7 Å². The van der Waals surface area contributed by atoms with Gasteiger partial charge in [-0.25, -0.2) is 4.79 Å². The van der Waals surface area contributed by atoms with Crippen molar-refractivity contribution in [3.8, 4) is 0 Å². The molecule has 0 bridgehead atoms. The molecule has 1 aromatic carbocycles. The van der Waals surface area contributed by atoms with Gasteiger partial charge in [0.25, 0.3) is 0 Å². The third-order valence-electron chi connectivity index (χ3n) is 15.0. The molecule has 534 valence electrons. The van der Waals surface area contributed by atoms with E-state index in [-0.39, 0.29) is 25.2 Å². The number of primary amides is 2. The summed E-state index contributed by atoms with van der Waals surface area (Å²) in [6.07, 6.45) is -6.76. The number of carboxylic acids is 3. The number of nitrogens with two attached hydrogens (primary N) is 3. The van der Waals surface area contributed by atoms with Crippen LogP contribution in [0.1, 0.15) is 126 Å². The van der Waals surface area contributed by atoms with Crippen molar-refractivity contribution in [1.29, 1.82) is 0 Å². The number of H-pyrrole nitrogens is 1. The summed E-state index contributed by atoms with van der Waals surface area (Å²) in [6, 6.07) is -11.1. The number of carbonyl (C=O) groups excluding carboxylic acids is 13. The molecule has 13 amide bonds. The fourth-order valence-electron chi connectivity index (χ4n) is 9.40. The van der Waals surface area contributed by atoms with Crippen LogP contribution >= 0.6 is 0 Å². The van der Waals surface area contributed by atoms with Gasteiger partial charge in [-0.15, -0.1) is 0 Å². The lowest BCUT2D eigenvalue weighted by atomic mass is 9.96. The van der Waals surface area contributed by atoms with E-state index in [4.69, 9.17) is 17.2 Å². The Kier molecular flexibility index (Phi) is 34.1. The Bertz CT molecular complexity index is 3120. The van der Waals surface area contributed by atoms with Crippen molar-refractivity contribution in [2.24, 2.45) is 35.0 Å². The maximum absolute atomic E-state index is 14.4. The van der Waals surface area contributed by atoms with Gasteiger partial charge < -0.3 is 106 Å². The highest BCUT2D eigenvalue weighted by Gasteiger charge is 2.39. The van der Waals surface area contributed by atoms with Crippen molar-refractivity contribution >= 4 is 106 Å². The monoisotopic (exact) mass is 1360 g/mol. The van der Waals surface area contributed by atoms with E-state index < -0.39 is 237 Å². The third-order valence-corrected chi connectivity index (χ3v) is 15.0. The van der Waals surface area contributed by atoms with Gasteiger partial charge in [0.15, 0.2) is 0 Å². The van der Waals surface area contributed by atoms with Gasteiger partial charge in [0.2, 0.25) is 76.8 Å². The molecule has 0 spiro atoms. The zero-order valence-electron chi connectivity index (χ0n) is 54.9. The molecule has 2 rings (SSSR count). The van der Waals surface area contributed by atoms with Gasteiger partial charge >= 0.3 is 17.9 Å². The second kappa shape index (κ2) is 39.8. The molecule has 0 radical (unpaired) electrons. The first-order chi connectivity index (χ1) is 44.8. The number of amides is 13. The molecular formula is C60H93N15O21. The van der Waals surface area contributed by atoms with E-state index >= 15 is 0 Å². The normalized spacial score (nSPS) is 15.6. The number of aliphatic hydroxyl groups excluding tert-OH is 2. The van der Waals surface area contributed by atoms with Crippen LogP contribution in [0.5, 0.6) is 0 Å². The van der Waals surface area contributed by atoms with E-state index in [1.807, 2.05) is 0 Å². The molecular weight excluding hydrogens is 1270 g/mol. The number of aliphatic hydroxyl groups is 2. The quantitative estimate of drug-likeness (QED) is 0.0294. The van der Waals surface area contributed by atoms with E-state index in [2.05, 4.69) is 63.5 Å². The van der Waals surface area contributed by atoms with Gasteiger partial charge in [0, 0.05) is 42.8 Å². The minimum absolute atomic E-state index is 0.0969. The van der Waals surface area contributed by atoms with Crippen molar-refractivity contribution in [2.75, 3.05) is 6.54 Å². The number of aromatic nitrogens is 1. The van der Waals surface area contributed by atoms with Crippen LogP contribution in [0.4, 0.5) is 0 Å². The summed E-state index contributed by atoms with van der Waals surface area (Å²) >= 11 is 0. The fourth-order valence-corrected chi connectivity index (χ4v) is 9.40. The number of rotatable bonds is 43. The molecule has 0 unspecified atom stereocenters. The second-order valence-electron chi connectivity index (χ2n) is 24.1. The number of aromatic amines is 1. The Hall–Kier alpha value is -9.84. The minimum Gasteiger partial charge on any atom is -0.481 e. The van der Waals surface area contributed by atoms with E-state index in [0.717, 1.165) is 13.8 Å². The molecule has 0 saturated heterocycles. The van der Waals surface area contributed by atoms with Gasteiger partial charge in [-0.3, -0.25) is 71.9 Å². The zero-order valence-corrected chi connectivity index (χ0v) is 54.9. The molecule has 0 aliphatic carbocycles. The smallest absolute Gasteiger partial charge is 0.326 e. The average Bonchev–Trinajstić information content (AvgIpc) is 1.61. The summed E-state index contributed by atoms with van der Waals surface area (Å²) < 4.78 is 0. The number of aliphatic carboxylic acids is 3. The Morgan fingerprint density at radius 1 is 0.479 bits per heavy atom. The summed E-state index contributed by atoms with van der Waals surface area (Å²) in [5, 5.41) is 76.4. The summed E-state index contributed by atoms with van der Waals surface area (Å²) in [4.78, 5) is 214. The van der Waals surface area contributed by atoms with Gasteiger partial charge in [-0.2, -0.15) is 0 Å². The van der Waals surface area contributed by atoms with Crippen molar-refractivity contribution in [1.82, 2.24) is 63.5 Å². The van der Waals surface area contributed by atoms with Gasteiger partial charge in [-0.05, 0) is 75.8 Å². The maximum atomic E-state index is 14.4. The topological polar surface area (TPSA) is 600 Å². The molecule has 36 heteroatoms. The molecule has 1 heterocycles.